The zero-order valence-electron chi connectivity index (χ0n) is 7.14. The molecule has 0 fully saturated rings. The standard InChI is InChI=1S/C5HF11O/c6-1(2(7,8)9)17-5(15,16)3(10,11)4(12,13)14/h1H/t1-/m1/s1. The fourth-order valence-corrected chi connectivity index (χ4v) is 0.436. The molecule has 1 atom stereocenters. The van der Waals surface area contributed by atoms with Crippen LogP contribution in [-0.2, 0) is 4.74 Å². The maximum Gasteiger partial charge on any atom is 0.462 e. The summed E-state index contributed by atoms with van der Waals surface area (Å²) < 4.78 is 130. The van der Waals surface area contributed by atoms with Gasteiger partial charge in [0.25, 0.3) is 6.36 Å². The molecule has 0 saturated heterocycles. The third-order valence-corrected chi connectivity index (χ3v) is 1.23. The van der Waals surface area contributed by atoms with E-state index in [4.69, 9.17) is 0 Å². The van der Waals surface area contributed by atoms with Crippen LogP contribution in [-0.4, -0.2) is 30.7 Å². The molecule has 0 N–H and O–H groups in total. The molecule has 104 valence electrons. The van der Waals surface area contributed by atoms with Gasteiger partial charge in [0.05, 0.1) is 0 Å². The molecule has 0 heterocycles. The first kappa shape index (κ1) is 16.2. The van der Waals surface area contributed by atoms with Crippen LogP contribution < -0.4 is 0 Å². The van der Waals surface area contributed by atoms with Crippen LogP contribution in [0.25, 0.3) is 0 Å². The summed E-state index contributed by atoms with van der Waals surface area (Å²) in [5.74, 6) is -6.96. The maximum atomic E-state index is 12.0. The van der Waals surface area contributed by atoms with Gasteiger partial charge in [-0.1, -0.05) is 0 Å². The van der Waals surface area contributed by atoms with Crippen LogP contribution in [0.2, 0.25) is 0 Å². The minimum Gasteiger partial charge on any atom is -0.272 e. The maximum absolute atomic E-state index is 12.0. The molecule has 1 nitrogen and oxygen atoms in total. The molecule has 0 amide bonds. The van der Waals surface area contributed by atoms with Crippen molar-refractivity contribution in [2.45, 2.75) is 30.7 Å². The molecule has 0 aliphatic rings. The smallest absolute Gasteiger partial charge is 0.272 e. The van der Waals surface area contributed by atoms with E-state index in [1.165, 1.54) is 0 Å². The second-order valence-electron chi connectivity index (χ2n) is 2.56. The molecule has 0 bridgehead atoms. The van der Waals surface area contributed by atoms with Crippen molar-refractivity contribution in [1.29, 1.82) is 0 Å². The lowest BCUT2D eigenvalue weighted by Gasteiger charge is -2.28. The Bertz CT molecular complexity index is 262. The van der Waals surface area contributed by atoms with Crippen molar-refractivity contribution in [2.24, 2.45) is 0 Å². The van der Waals surface area contributed by atoms with Gasteiger partial charge in [-0.15, -0.1) is 0 Å². The van der Waals surface area contributed by atoms with Crippen LogP contribution in [0.5, 0.6) is 0 Å². The van der Waals surface area contributed by atoms with Crippen LogP contribution >= 0.6 is 0 Å². The van der Waals surface area contributed by atoms with Gasteiger partial charge in [0.15, 0.2) is 0 Å². The summed E-state index contributed by atoms with van der Waals surface area (Å²) in [4.78, 5) is 0. The lowest BCUT2D eigenvalue weighted by molar-refractivity contribution is -0.457. The summed E-state index contributed by atoms with van der Waals surface area (Å²) in [5.41, 5.74) is 0. The van der Waals surface area contributed by atoms with Crippen LogP contribution in [0.15, 0.2) is 0 Å². The fraction of sp³-hybridized carbons (Fsp3) is 1.00. The number of alkyl halides is 11. The molecule has 0 aromatic heterocycles. The van der Waals surface area contributed by atoms with E-state index in [0.29, 0.717) is 0 Å². The molecule has 0 unspecified atom stereocenters. The van der Waals surface area contributed by atoms with Gasteiger partial charge in [0.2, 0.25) is 0 Å². The van der Waals surface area contributed by atoms with Gasteiger partial charge in [0, 0.05) is 0 Å². The first-order valence-electron chi connectivity index (χ1n) is 3.34. The van der Waals surface area contributed by atoms with Crippen molar-refractivity contribution in [1.82, 2.24) is 0 Å². The third kappa shape index (κ3) is 3.33. The SMILES string of the molecule is F[C@H](OC(F)(F)C(F)(F)C(F)(F)F)C(F)(F)F. The molecule has 17 heavy (non-hydrogen) atoms. The fourth-order valence-electron chi connectivity index (χ4n) is 0.436. The van der Waals surface area contributed by atoms with Gasteiger partial charge in [0.1, 0.15) is 0 Å². The molecule has 0 saturated carbocycles. The highest BCUT2D eigenvalue weighted by Gasteiger charge is 2.76. The monoisotopic (exact) mass is 286 g/mol. The summed E-state index contributed by atoms with van der Waals surface area (Å²) >= 11 is 0. The van der Waals surface area contributed by atoms with Gasteiger partial charge in [-0.2, -0.15) is 43.9 Å². The Morgan fingerprint density at radius 1 is 0.706 bits per heavy atom. The molecular weight excluding hydrogens is 285 g/mol. The number of hydrogen-bond acceptors (Lipinski definition) is 1. The minimum atomic E-state index is -6.96. The Labute approximate surface area is 85.1 Å². The van der Waals surface area contributed by atoms with Crippen molar-refractivity contribution in [3.05, 3.63) is 0 Å². The Morgan fingerprint density at radius 3 is 1.29 bits per heavy atom. The summed E-state index contributed by atoms with van der Waals surface area (Å²) in [6.45, 7) is 0. The van der Waals surface area contributed by atoms with Crippen LogP contribution in [0.4, 0.5) is 48.3 Å². The van der Waals surface area contributed by atoms with Crippen molar-refractivity contribution in [3.63, 3.8) is 0 Å². The zero-order chi connectivity index (χ0) is 14.3. The first-order valence-corrected chi connectivity index (χ1v) is 3.34. The molecule has 0 radical (unpaired) electrons. The molecule has 0 aromatic rings. The van der Waals surface area contributed by atoms with Gasteiger partial charge >= 0.3 is 24.4 Å². The predicted molar refractivity (Wildman–Crippen MR) is 28.0 cm³/mol. The van der Waals surface area contributed by atoms with Crippen molar-refractivity contribution in [2.75, 3.05) is 0 Å². The topological polar surface area (TPSA) is 9.23 Å². The highest BCUT2D eigenvalue weighted by atomic mass is 19.4. The quantitative estimate of drug-likeness (QED) is 0.719. The van der Waals surface area contributed by atoms with Gasteiger partial charge in [-0.25, -0.2) is 4.39 Å². The highest BCUT2D eigenvalue weighted by molar-refractivity contribution is 4.85. The highest BCUT2D eigenvalue weighted by Crippen LogP contribution is 2.48. The Kier molecular flexibility index (Phi) is 3.94. The van der Waals surface area contributed by atoms with Crippen molar-refractivity contribution in [3.8, 4) is 0 Å². The summed E-state index contributed by atoms with van der Waals surface area (Å²) in [5, 5.41) is 0. The normalized spacial score (nSPS) is 17.1. The van der Waals surface area contributed by atoms with Crippen LogP contribution in [0, 0.1) is 0 Å². The predicted octanol–water partition coefficient (Wildman–Crippen LogP) is 3.65. The Balaban J connectivity index is 5.04. The molecule has 0 spiro atoms. The van der Waals surface area contributed by atoms with Crippen molar-refractivity contribution >= 4 is 0 Å². The Morgan fingerprint density at radius 2 is 1.06 bits per heavy atom. The second kappa shape index (κ2) is 4.14. The van der Waals surface area contributed by atoms with E-state index in [0.717, 1.165) is 0 Å². The molecule has 12 heteroatoms. The van der Waals surface area contributed by atoms with Crippen LogP contribution in [0.1, 0.15) is 0 Å². The van der Waals surface area contributed by atoms with Gasteiger partial charge in [-0.05, 0) is 0 Å². The zero-order valence-corrected chi connectivity index (χ0v) is 7.14. The lowest BCUT2D eigenvalue weighted by atomic mass is 10.3. The van der Waals surface area contributed by atoms with E-state index in [2.05, 4.69) is 0 Å². The minimum absolute atomic E-state index is 1.80. The van der Waals surface area contributed by atoms with Crippen molar-refractivity contribution < 1.29 is 53.0 Å². The third-order valence-electron chi connectivity index (χ3n) is 1.23. The van der Waals surface area contributed by atoms with E-state index in [1.54, 1.807) is 4.74 Å². The molecule has 0 rings (SSSR count). The van der Waals surface area contributed by atoms with E-state index in [-0.39, 0.29) is 0 Å². The lowest BCUT2D eigenvalue weighted by Crippen LogP contribution is -2.55. The number of rotatable bonds is 3. The van der Waals surface area contributed by atoms with Crippen LogP contribution in [0.3, 0.4) is 0 Å². The Hall–Kier alpha value is -0.810. The number of ether oxygens (including phenoxy) is 1. The van der Waals surface area contributed by atoms with Gasteiger partial charge < -0.3 is 0 Å². The van der Waals surface area contributed by atoms with E-state index >= 15 is 0 Å². The number of hydrogen-bond donors (Lipinski definition) is 0. The van der Waals surface area contributed by atoms with E-state index in [1.807, 2.05) is 0 Å². The molecular formula is C5HF11O. The summed E-state index contributed by atoms with van der Waals surface area (Å²) in [6, 6.07) is 0. The van der Waals surface area contributed by atoms with E-state index in [9.17, 15) is 48.3 Å². The molecule has 0 aromatic carbocycles. The molecule has 0 aliphatic heterocycles. The largest absolute Gasteiger partial charge is 0.462 e. The van der Waals surface area contributed by atoms with E-state index < -0.39 is 30.7 Å². The average molecular weight is 286 g/mol. The number of halogens is 11. The summed E-state index contributed by atoms with van der Waals surface area (Å²) in [7, 11) is 0. The molecule has 0 aliphatic carbocycles. The summed E-state index contributed by atoms with van der Waals surface area (Å²) in [6.07, 6.45) is -24.7. The van der Waals surface area contributed by atoms with Gasteiger partial charge in [-0.3, -0.25) is 4.74 Å². The first-order chi connectivity index (χ1) is 7.13. The average Bonchev–Trinajstić information content (AvgIpc) is 1.98. The second-order valence-corrected chi connectivity index (χ2v) is 2.56.